The summed E-state index contributed by atoms with van der Waals surface area (Å²) < 4.78 is 2.43. The summed E-state index contributed by atoms with van der Waals surface area (Å²) >= 11 is 0. The lowest BCUT2D eigenvalue weighted by molar-refractivity contribution is 1.18. The molecule has 0 bridgehead atoms. The summed E-state index contributed by atoms with van der Waals surface area (Å²) in [5.41, 5.74) is 17.1. The highest BCUT2D eigenvalue weighted by molar-refractivity contribution is 6.24. The Balaban J connectivity index is 1.37. The molecule has 0 aliphatic heterocycles. The molecule has 8 rings (SSSR count). The maximum absolute atomic E-state index is 5.52. The minimum atomic E-state index is 0.840. The molecular weight excluding hydrogens is 571 g/mol. The molecule has 3 nitrogen and oxygen atoms in total. The number of hydrogen-bond donors (Lipinski definition) is 1. The maximum Gasteiger partial charge on any atom is 0.0702 e. The molecule has 3 heteroatoms. The zero-order valence-corrected chi connectivity index (χ0v) is 25.9. The number of hydrogen-bond acceptors (Lipinski definition) is 2. The number of rotatable bonds is 7. The van der Waals surface area contributed by atoms with Crippen molar-refractivity contribution >= 4 is 32.6 Å². The van der Waals surface area contributed by atoms with Crippen molar-refractivity contribution in [1.82, 2.24) is 9.55 Å². The van der Waals surface area contributed by atoms with Crippen molar-refractivity contribution in [2.24, 2.45) is 5.73 Å². The molecule has 47 heavy (non-hydrogen) atoms. The van der Waals surface area contributed by atoms with Gasteiger partial charge in [0, 0.05) is 28.2 Å². The minimum Gasteiger partial charge on any atom is -0.405 e. The summed E-state index contributed by atoms with van der Waals surface area (Å²) in [7, 11) is 0. The van der Waals surface area contributed by atoms with Crippen molar-refractivity contribution in [3.8, 4) is 39.2 Å². The quantitative estimate of drug-likeness (QED) is 0.184. The molecule has 0 aliphatic rings. The fraction of sp³-hybridized carbons (Fsp3) is 0.0227. The van der Waals surface area contributed by atoms with Crippen LogP contribution in [0.1, 0.15) is 5.56 Å². The third-order valence-corrected chi connectivity index (χ3v) is 8.89. The van der Waals surface area contributed by atoms with E-state index in [0.29, 0.717) is 0 Å². The van der Waals surface area contributed by atoms with E-state index in [-0.39, 0.29) is 0 Å². The van der Waals surface area contributed by atoms with Gasteiger partial charge in [0.05, 0.1) is 16.7 Å². The van der Waals surface area contributed by atoms with E-state index in [0.717, 1.165) is 23.4 Å². The predicted molar refractivity (Wildman–Crippen MR) is 199 cm³/mol. The first kappa shape index (κ1) is 28.3. The standard InChI is InChI=1S/C44H33N3/c45-25-9-2-3-13-31-14-11-16-34(27-31)40-30-43-44(38-21-7-6-20-37(38)40)39-24-23-33(29-42(39)47(43)36-18-4-1-5-19-36)32-15-12-17-35(28-32)41-22-8-10-26-46-41/h1-12,14-30H,13,45H2/b3-2-,25-9-. The van der Waals surface area contributed by atoms with E-state index < -0.39 is 0 Å². The zero-order valence-electron chi connectivity index (χ0n) is 25.9. The second-order valence-electron chi connectivity index (χ2n) is 11.8. The number of pyridine rings is 1. The van der Waals surface area contributed by atoms with E-state index in [1.165, 1.54) is 60.4 Å². The van der Waals surface area contributed by atoms with Crippen LogP contribution >= 0.6 is 0 Å². The monoisotopic (exact) mass is 603 g/mol. The first-order valence-electron chi connectivity index (χ1n) is 16.0. The van der Waals surface area contributed by atoms with Gasteiger partial charge in [0.25, 0.3) is 0 Å². The van der Waals surface area contributed by atoms with E-state index in [1.54, 1.807) is 6.20 Å². The maximum atomic E-state index is 5.52. The van der Waals surface area contributed by atoms with Crippen molar-refractivity contribution in [1.29, 1.82) is 0 Å². The van der Waals surface area contributed by atoms with E-state index >= 15 is 0 Å². The highest BCUT2D eigenvalue weighted by Gasteiger charge is 2.19. The Hall–Kier alpha value is -6.19. The van der Waals surface area contributed by atoms with Gasteiger partial charge >= 0.3 is 0 Å². The summed E-state index contributed by atoms with van der Waals surface area (Å²) in [6.45, 7) is 0. The minimum absolute atomic E-state index is 0.840. The van der Waals surface area contributed by atoms with Crippen LogP contribution < -0.4 is 5.73 Å². The average molecular weight is 604 g/mol. The van der Waals surface area contributed by atoms with Crippen molar-refractivity contribution < 1.29 is 0 Å². The van der Waals surface area contributed by atoms with Gasteiger partial charge < -0.3 is 10.3 Å². The molecule has 0 spiro atoms. The number of fused-ring (bicyclic) bond motifs is 5. The first-order chi connectivity index (χ1) is 23.3. The topological polar surface area (TPSA) is 43.8 Å². The molecule has 0 aliphatic carbocycles. The average Bonchev–Trinajstić information content (AvgIpc) is 3.48. The largest absolute Gasteiger partial charge is 0.405 e. The highest BCUT2D eigenvalue weighted by Crippen LogP contribution is 2.42. The molecule has 8 aromatic rings. The van der Waals surface area contributed by atoms with Crippen LogP contribution in [0.15, 0.2) is 176 Å². The summed E-state index contributed by atoms with van der Waals surface area (Å²) in [6, 6.07) is 52.4. The van der Waals surface area contributed by atoms with Crippen molar-refractivity contribution in [3.63, 3.8) is 0 Å². The van der Waals surface area contributed by atoms with Crippen molar-refractivity contribution in [2.75, 3.05) is 0 Å². The van der Waals surface area contributed by atoms with Crippen LogP contribution in [0, 0.1) is 0 Å². The number of allylic oxidation sites excluding steroid dienone is 3. The number of nitrogens with zero attached hydrogens (tertiary/aromatic N) is 2. The van der Waals surface area contributed by atoms with Gasteiger partial charge in [-0.05, 0) is 99.8 Å². The molecule has 2 heterocycles. The zero-order chi connectivity index (χ0) is 31.6. The van der Waals surface area contributed by atoms with Crippen LogP contribution in [0.25, 0.3) is 71.8 Å². The fourth-order valence-electron chi connectivity index (χ4n) is 6.76. The van der Waals surface area contributed by atoms with E-state index in [9.17, 15) is 0 Å². The third kappa shape index (κ3) is 5.28. The van der Waals surface area contributed by atoms with Gasteiger partial charge in [-0.3, -0.25) is 4.98 Å². The molecule has 6 aromatic carbocycles. The van der Waals surface area contributed by atoms with Gasteiger partial charge in [-0.2, -0.15) is 0 Å². The van der Waals surface area contributed by atoms with Crippen molar-refractivity contribution in [3.05, 3.63) is 182 Å². The molecule has 0 saturated heterocycles. The lowest BCUT2D eigenvalue weighted by Crippen LogP contribution is -1.94. The van der Waals surface area contributed by atoms with Crippen LogP contribution in [0.4, 0.5) is 0 Å². The van der Waals surface area contributed by atoms with Gasteiger partial charge in [-0.25, -0.2) is 0 Å². The predicted octanol–water partition coefficient (Wildman–Crippen LogP) is 10.9. The molecule has 2 aromatic heterocycles. The molecule has 0 saturated carbocycles. The molecule has 0 unspecified atom stereocenters. The Kier molecular flexibility index (Phi) is 7.41. The second kappa shape index (κ2) is 12.3. The lowest BCUT2D eigenvalue weighted by atomic mass is 9.93. The number of aromatic nitrogens is 2. The molecular formula is C44H33N3. The summed E-state index contributed by atoms with van der Waals surface area (Å²) in [4.78, 5) is 4.59. The number of para-hydroxylation sites is 1. The van der Waals surface area contributed by atoms with Gasteiger partial charge in [-0.1, -0.05) is 115 Å². The summed E-state index contributed by atoms with van der Waals surface area (Å²) in [5, 5.41) is 5.01. The summed E-state index contributed by atoms with van der Waals surface area (Å²) in [6.07, 6.45) is 10.2. The first-order valence-corrected chi connectivity index (χ1v) is 16.0. The summed E-state index contributed by atoms with van der Waals surface area (Å²) in [5.74, 6) is 0. The lowest BCUT2D eigenvalue weighted by Gasteiger charge is -2.13. The van der Waals surface area contributed by atoms with Gasteiger partial charge in [-0.15, -0.1) is 0 Å². The van der Waals surface area contributed by atoms with E-state index in [2.05, 4.69) is 149 Å². The smallest absolute Gasteiger partial charge is 0.0702 e. The Bertz CT molecular complexity index is 2430. The highest BCUT2D eigenvalue weighted by atomic mass is 15.0. The van der Waals surface area contributed by atoms with Gasteiger partial charge in [0.2, 0.25) is 0 Å². The molecule has 2 N–H and O–H groups in total. The number of benzene rings is 6. The Morgan fingerprint density at radius 3 is 2.17 bits per heavy atom. The van der Waals surface area contributed by atoms with Crippen LogP contribution in [0.2, 0.25) is 0 Å². The van der Waals surface area contributed by atoms with Crippen LogP contribution in [0.5, 0.6) is 0 Å². The van der Waals surface area contributed by atoms with Crippen LogP contribution in [0.3, 0.4) is 0 Å². The van der Waals surface area contributed by atoms with Crippen LogP contribution in [-0.4, -0.2) is 9.55 Å². The van der Waals surface area contributed by atoms with E-state index in [1.807, 2.05) is 30.5 Å². The molecule has 0 atom stereocenters. The van der Waals surface area contributed by atoms with E-state index in [4.69, 9.17) is 5.73 Å². The SMILES string of the molecule is N/C=C\C=C/Cc1cccc(-c2cc3c(c4ccccc24)c2ccc(-c4cccc(-c5ccccn5)c4)cc2n3-c2ccccc2)c1. The molecule has 0 radical (unpaired) electrons. The molecule has 0 fully saturated rings. The van der Waals surface area contributed by atoms with Crippen molar-refractivity contribution in [2.45, 2.75) is 6.42 Å². The fourth-order valence-corrected chi connectivity index (χ4v) is 6.76. The number of nitrogens with two attached hydrogens (primary N) is 1. The Labute approximate surface area is 274 Å². The normalized spacial score (nSPS) is 11.8. The van der Waals surface area contributed by atoms with Gasteiger partial charge in [0.1, 0.15) is 0 Å². The Morgan fingerprint density at radius 2 is 1.32 bits per heavy atom. The molecule has 224 valence electrons. The Morgan fingerprint density at radius 1 is 0.553 bits per heavy atom. The van der Waals surface area contributed by atoms with Gasteiger partial charge in [0.15, 0.2) is 0 Å². The molecule has 0 amide bonds. The third-order valence-electron chi connectivity index (χ3n) is 8.89. The van der Waals surface area contributed by atoms with Crippen LogP contribution in [-0.2, 0) is 6.42 Å². The second-order valence-corrected chi connectivity index (χ2v) is 11.8.